The molecule has 0 atom stereocenters. The van der Waals surface area contributed by atoms with Gasteiger partial charge in [0.25, 0.3) is 5.91 Å². The molecule has 0 unspecified atom stereocenters. The molecular formula is C20H24N2O3S. The fourth-order valence-electron chi connectivity index (χ4n) is 2.43. The van der Waals surface area contributed by atoms with Crippen LogP contribution < -0.4 is 10.1 Å². The van der Waals surface area contributed by atoms with Gasteiger partial charge in [-0.1, -0.05) is 6.07 Å². The number of amides is 2. The van der Waals surface area contributed by atoms with Crippen molar-refractivity contribution in [2.75, 3.05) is 31.3 Å². The van der Waals surface area contributed by atoms with Crippen molar-refractivity contribution in [3.05, 3.63) is 54.1 Å². The van der Waals surface area contributed by atoms with Crippen molar-refractivity contribution in [2.24, 2.45) is 0 Å². The van der Waals surface area contributed by atoms with Crippen molar-refractivity contribution in [1.82, 2.24) is 4.90 Å². The van der Waals surface area contributed by atoms with Crippen LogP contribution in [0.25, 0.3) is 0 Å². The molecule has 0 radical (unpaired) electrons. The minimum absolute atomic E-state index is 0.00135. The zero-order valence-corrected chi connectivity index (χ0v) is 16.1. The van der Waals surface area contributed by atoms with E-state index in [2.05, 4.69) is 5.32 Å². The van der Waals surface area contributed by atoms with Gasteiger partial charge in [-0.2, -0.15) is 0 Å². The van der Waals surface area contributed by atoms with E-state index in [0.717, 1.165) is 10.6 Å². The van der Waals surface area contributed by atoms with Crippen LogP contribution in [0.15, 0.2) is 53.4 Å². The van der Waals surface area contributed by atoms with Crippen LogP contribution in [-0.2, 0) is 4.79 Å². The Morgan fingerprint density at radius 2 is 1.77 bits per heavy atom. The summed E-state index contributed by atoms with van der Waals surface area (Å²) in [4.78, 5) is 27.1. The van der Waals surface area contributed by atoms with E-state index in [9.17, 15) is 9.59 Å². The molecule has 0 aliphatic heterocycles. The highest BCUT2D eigenvalue weighted by Crippen LogP contribution is 2.23. The molecule has 0 saturated carbocycles. The first kappa shape index (κ1) is 19.8. The molecule has 2 aromatic rings. The number of ether oxygens (including phenoxy) is 1. The summed E-state index contributed by atoms with van der Waals surface area (Å²) in [5.74, 6) is 0.971. The van der Waals surface area contributed by atoms with Crippen LogP contribution in [0.2, 0.25) is 0 Å². The molecule has 0 bridgehead atoms. The van der Waals surface area contributed by atoms with Gasteiger partial charge in [-0.3, -0.25) is 9.59 Å². The summed E-state index contributed by atoms with van der Waals surface area (Å²) in [6, 6.07) is 14.6. The van der Waals surface area contributed by atoms with E-state index in [1.807, 2.05) is 38.1 Å². The summed E-state index contributed by atoms with van der Waals surface area (Å²) in [7, 11) is 1.62. The van der Waals surface area contributed by atoms with Crippen LogP contribution in [0.5, 0.6) is 5.75 Å². The maximum Gasteiger partial charge on any atom is 0.253 e. The van der Waals surface area contributed by atoms with Gasteiger partial charge in [0.1, 0.15) is 5.75 Å². The molecule has 0 aliphatic carbocycles. The average molecular weight is 372 g/mol. The van der Waals surface area contributed by atoms with E-state index in [1.165, 1.54) is 11.8 Å². The molecule has 0 saturated heterocycles. The van der Waals surface area contributed by atoms with Crippen molar-refractivity contribution in [2.45, 2.75) is 18.7 Å². The lowest BCUT2D eigenvalue weighted by molar-refractivity contribution is -0.113. The van der Waals surface area contributed by atoms with Gasteiger partial charge in [0.2, 0.25) is 5.91 Å². The first-order chi connectivity index (χ1) is 12.6. The van der Waals surface area contributed by atoms with Crippen molar-refractivity contribution in [3.63, 3.8) is 0 Å². The first-order valence-electron chi connectivity index (χ1n) is 8.53. The maximum absolute atomic E-state index is 12.3. The Labute approximate surface area is 158 Å². The normalized spacial score (nSPS) is 10.3. The molecule has 5 nitrogen and oxygen atoms in total. The minimum atomic E-state index is -0.0966. The highest BCUT2D eigenvalue weighted by Gasteiger charge is 2.12. The lowest BCUT2D eigenvalue weighted by Gasteiger charge is -2.18. The molecule has 0 spiro atoms. The number of carbonyl (C=O) groups is 2. The zero-order chi connectivity index (χ0) is 18.9. The van der Waals surface area contributed by atoms with Crippen LogP contribution in [0.4, 0.5) is 5.69 Å². The predicted molar refractivity (Wildman–Crippen MR) is 106 cm³/mol. The SMILES string of the molecule is CCN(CC)C(=O)c1ccc(NC(=O)CSc2cccc(OC)c2)cc1. The zero-order valence-electron chi connectivity index (χ0n) is 15.3. The van der Waals surface area contributed by atoms with Crippen molar-refractivity contribution >= 4 is 29.3 Å². The number of rotatable bonds is 8. The quantitative estimate of drug-likeness (QED) is 0.714. The van der Waals surface area contributed by atoms with Crippen LogP contribution >= 0.6 is 11.8 Å². The van der Waals surface area contributed by atoms with E-state index in [1.54, 1.807) is 36.3 Å². The highest BCUT2D eigenvalue weighted by molar-refractivity contribution is 8.00. The lowest BCUT2D eigenvalue weighted by Crippen LogP contribution is -2.30. The van der Waals surface area contributed by atoms with Crippen LogP contribution in [-0.4, -0.2) is 42.7 Å². The Kier molecular flexibility index (Phi) is 7.53. The second-order valence-electron chi connectivity index (χ2n) is 5.57. The van der Waals surface area contributed by atoms with Gasteiger partial charge in [-0.15, -0.1) is 11.8 Å². The topological polar surface area (TPSA) is 58.6 Å². The fraction of sp³-hybridized carbons (Fsp3) is 0.300. The maximum atomic E-state index is 12.3. The van der Waals surface area contributed by atoms with E-state index < -0.39 is 0 Å². The number of thioether (sulfide) groups is 1. The second kappa shape index (κ2) is 9.87. The molecular weight excluding hydrogens is 348 g/mol. The Morgan fingerprint density at radius 1 is 1.08 bits per heavy atom. The molecule has 2 rings (SSSR count). The van der Waals surface area contributed by atoms with Gasteiger partial charge < -0.3 is 15.0 Å². The lowest BCUT2D eigenvalue weighted by atomic mass is 10.2. The third kappa shape index (κ3) is 5.52. The number of nitrogens with one attached hydrogen (secondary N) is 1. The summed E-state index contributed by atoms with van der Waals surface area (Å²) < 4.78 is 5.18. The number of carbonyl (C=O) groups excluding carboxylic acids is 2. The molecule has 26 heavy (non-hydrogen) atoms. The third-order valence-corrected chi connectivity index (χ3v) is 4.87. The van der Waals surface area contributed by atoms with Gasteiger partial charge in [-0.05, 0) is 56.3 Å². The van der Waals surface area contributed by atoms with Gasteiger partial charge >= 0.3 is 0 Å². The van der Waals surface area contributed by atoms with Crippen molar-refractivity contribution in [3.8, 4) is 5.75 Å². The number of nitrogens with zero attached hydrogens (tertiary/aromatic N) is 1. The second-order valence-corrected chi connectivity index (χ2v) is 6.62. The summed E-state index contributed by atoms with van der Waals surface area (Å²) in [5.41, 5.74) is 1.30. The Balaban J connectivity index is 1.89. The number of anilines is 1. The summed E-state index contributed by atoms with van der Waals surface area (Å²) in [5, 5.41) is 2.85. The highest BCUT2D eigenvalue weighted by atomic mass is 32.2. The molecule has 0 heterocycles. The number of hydrogen-bond acceptors (Lipinski definition) is 4. The first-order valence-corrected chi connectivity index (χ1v) is 9.52. The third-order valence-electron chi connectivity index (χ3n) is 3.88. The average Bonchev–Trinajstić information content (AvgIpc) is 2.68. The van der Waals surface area contributed by atoms with E-state index in [0.29, 0.717) is 30.1 Å². The molecule has 0 aliphatic rings. The monoisotopic (exact) mass is 372 g/mol. The fourth-order valence-corrected chi connectivity index (χ4v) is 3.17. The molecule has 138 valence electrons. The number of benzene rings is 2. The van der Waals surface area contributed by atoms with Crippen LogP contribution in [0.1, 0.15) is 24.2 Å². The molecule has 1 N–H and O–H groups in total. The van der Waals surface area contributed by atoms with E-state index in [4.69, 9.17) is 4.74 Å². The molecule has 0 fully saturated rings. The smallest absolute Gasteiger partial charge is 0.253 e. The van der Waals surface area contributed by atoms with Gasteiger partial charge in [0.05, 0.1) is 12.9 Å². The summed E-state index contributed by atoms with van der Waals surface area (Å²) >= 11 is 1.44. The predicted octanol–water partition coefficient (Wildman–Crippen LogP) is 3.91. The van der Waals surface area contributed by atoms with Crippen LogP contribution in [0.3, 0.4) is 0 Å². The minimum Gasteiger partial charge on any atom is -0.497 e. The standard InChI is InChI=1S/C20H24N2O3S/c1-4-22(5-2)20(24)15-9-11-16(12-10-15)21-19(23)14-26-18-8-6-7-17(13-18)25-3/h6-13H,4-5,14H2,1-3H3,(H,21,23). The van der Waals surface area contributed by atoms with Gasteiger partial charge in [0, 0.05) is 29.2 Å². The Morgan fingerprint density at radius 3 is 2.38 bits per heavy atom. The van der Waals surface area contributed by atoms with Crippen molar-refractivity contribution < 1.29 is 14.3 Å². The number of hydrogen-bond donors (Lipinski definition) is 1. The summed E-state index contributed by atoms with van der Waals surface area (Å²) in [6.45, 7) is 5.26. The van der Waals surface area contributed by atoms with Crippen LogP contribution in [0, 0.1) is 0 Å². The Hall–Kier alpha value is -2.47. The Bertz CT molecular complexity index is 743. The molecule has 6 heteroatoms. The van der Waals surface area contributed by atoms with E-state index >= 15 is 0 Å². The van der Waals surface area contributed by atoms with Crippen molar-refractivity contribution in [1.29, 1.82) is 0 Å². The van der Waals surface area contributed by atoms with Gasteiger partial charge in [-0.25, -0.2) is 0 Å². The van der Waals surface area contributed by atoms with E-state index in [-0.39, 0.29) is 11.8 Å². The molecule has 2 aromatic carbocycles. The summed E-state index contributed by atoms with van der Waals surface area (Å²) in [6.07, 6.45) is 0. The molecule has 2 amide bonds. The van der Waals surface area contributed by atoms with Gasteiger partial charge in [0.15, 0.2) is 0 Å². The molecule has 0 aromatic heterocycles. The number of methoxy groups -OCH3 is 1. The largest absolute Gasteiger partial charge is 0.497 e.